The summed E-state index contributed by atoms with van der Waals surface area (Å²) in [4.78, 5) is 6.65. The van der Waals surface area contributed by atoms with Crippen LogP contribution < -0.4 is 5.32 Å². The number of anilines is 1. The zero-order valence-electron chi connectivity index (χ0n) is 12.1. The van der Waals surface area contributed by atoms with Gasteiger partial charge in [0.05, 0.1) is 0 Å². The molecule has 0 bridgehead atoms. The van der Waals surface area contributed by atoms with Crippen LogP contribution in [0.3, 0.4) is 0 Å². The maximum absolute atomic E-state index is 4.32. The molecule has 2 aromatic rings. The van der Waals surface area contributed by atoms with E-state index in [0.717, 1.165) is 36.8 Å². The Morgan fingerprint density at radius 3 is 2.89 bits per heavy atom. The molecule has 6 heteroatoms. The fourth-order valence-electron chi connectivity index (χ4n) is 1.86. The first kappa shape index (κ1) is 13.7. The van der Waals surface area contributed by atoms with Gasteiger partial charge in [0.25, 0.3) is 0 Å². The summed E-state index contributed by atoms with van der Waals surface area (Å²) in [6.45, 7) is 8.29. The summed E-state index contributed by atoms with van der Waals surface area (Å²) >= 11 is 0. The molecule has 0 aliphatic rings. The molecule has 104 valence electrons. The van der Waals surface area contributed by atoms with E-state index in [1.807, 2.05) is 17.5 Å². The number of aryl methyl sites for hydroxylation is 1. The SMILES string of the molecule is Cc1nnc2c(NCCCN(C)C(C)C)nccn12. The molecule has 0 aliphatic carbocycles. The summed E-state index contributed by atoms with van der Waals surface area (Å²) in [5, 5.41) is 11.5. The molecular formula is C13H22N6. The molecule has 2 rings (SSSR count). The molecule has 19 heavy (non-hydrogen) atoms. The quantitative estimate of drug-likeness (QED) is 0.801. The van der Waals surface area contributed by atoms with Gasteiger partial charge in [-0.05, 0) is 40.8 Å². The number of nitrogens with one attached hydrogen (secondary N) is 1. The van der Waals surface area contributed by atoms with Crippen LogP contribution in [-0.4, -0.2) is 50.7 Å². The minimum absolute atomic E-state index is 0.584. The summed E-state index contributed by atoms with van der Waals surface area (Å²) < 4.78 is 1.94. The first-order chi connectivity index (χ1) is 9.09. The van der Waals surface area contributed by atoms with Crippen LogP contribution in [0.2, 0.25) is 0 Å². The number of hydrogen-bond donors (Lipinski definition) is 1. The highest BCUT2D eigenvalue weighted by Gasteiger charge is 2.07. The molecule has 0 aliphatic heterocycles. The predicted molar refractivity (Wildman–Crippen MR) is 76.4 cm³/mol. The molecule has 2 aromatic heterocycles. The third-order valence-electron chi connectivity index (χ3n) is 3.36. The Hall–Kier alpha value is -1.69. The fourth-order valence-corrected chi connectivity index (χ4v) is 1.86. The van der Waals surface area contributed by atoms with Crippen molar-refractivity contribution in [1.29, 1.82) is 0 Å². The molecule has 0 saturated carbocycles. The standard InChI is InChI=1S/C13H22N6/c1-10(2)18(4)8-5-6-14-12-13-17-16-11(3)19(13)9-7-15-12/h7,9-10H,5-6,8H2,1-4H3,(H,14,15). The number of nitrogens with zero attached hydrogens (tertiary/aromatic N) is 5. The molecular weight excluding hydrogens is 240 g/mol. The average molecular weight is 262 g/mol. The summed E-state index contributed by atoms with van der Waals surface area (Å²) in [6, 6.07) is 0.584. The van der Waals surface area contributed by atoms with Crippen LogP contribution in [0.15, 0.2) is 12.4 Å². The van der Waals surface area contributed by atoms with Gasteiger partial charge in [0.1, 0.15) is 5.82 Å². The lowest BCUT2D eigenvalue weighted by Gasteiger charge is -2.20. The van der Waals surface area contributed by atoms with E-state index in [2.05, 4.69) is 46.3 Å². The van der Waals surface area contributed by atoms with Crippen LogP contribution in [0, 0.1) is 6.92 Å². The van der Waals surface area contributed by atoms with E-state index in [1.165, 1.54) is 0 Å². The highest BCUT2D eigenvalue weighted by molar-refractivity contribution is 5.61. The monoisotopic (exact) mass is 262 g/mol. The van der Waals surface area contributed by atoms with Gasteiger partial charge in [-0.25, -0.2) is 4.98 Å². The van der Waals surface area contributed by atoms with Crippen molar-refractivity contribution in [3.8, 4) is 0 Å². The highest BCUT2D eigenvalue weighted by atomic mass is 15.3. The number of hydrogen-bond acceptors (Lipinski definition) is 5. The molecule has 0 aromatic carbocycles. The zero-order chi connectivity index (χ0) is 13.8. The molecule has 0 fully saturated rings. The van der Waals surface area contributed by atoms with E-state index in [4.69, 9.17) is 0 Å². The normalized spacial score (nSPS) is 11.7. The van der Waals surface area contributed by atoms with Gasteiger partial charge in [-0.1, -0.05) is 0 Å². The smallest absolute Gasteiger partial charge is 0.203 e. The molecule has 0 atom stereocenters. The molecule has 2 heterocycles. The van der Waals surface area contributed by atoms with Crippen LogP contribution in [0.4, 0.5) is 5.82 Å². The van der Waals surface area contributed by atoms with Gasteiger partial charge in [-0.15, -0.1) is 10.2 Å². The summed E-state index contributed by atoms with van der Waals surface area (Å²) in [7, 11) is 2.14. The first-order valence-corrected chi connectivity index (χ1v) is 6.70. The summed E-state index contributed by atoms with van der Waals surface area (Å²) in [6.07, 6.45) is 4.72. The van der Waals surface area contributed by atoms with E-state index in [0.29, 0.717) is 6.04 Å². The van der Waals surface area contributed by atoms with Gasteiger partial charge in [0.2, 0.25) is 5.65 Å². The Kier molecular flexibility index (Phi) is 4.31. The van der Waals surface area contributed by atoms with Gasteiger partial charge >= 0.3 is 0 Å². The molecule has 0 unspecified atom stereocenters. The van der Waals surface area contributed by atoms with Crippen molar-refractivity contribution < 1.29 is 0 Å². The lowest BCUT2D eigenvalue weighted by molar-refractivity contribution is 0.273. The van der Waals surface area contributed by atoms with Crippen molar-refractivity contribution in [2.45, 2.75) is 33.2 Å². The molecule has 0 spiro atoms. The second-order valence-electron chi connectivity index (χ2n) is 5.07. The van der Waals surface area contributed by atoms with Gasteiger partial charge in [-0.3, -0.25) is 4.40 Å². The minimum Gasteiger partial charge on any atom is -0.367 e. The number of rotatable bonds is 6. The molecule has 1 N–H and O–H groups in total. The third-order valence-corrected chi connectivity index (χ3v) is 3.36. The Morgan fingerprint density at radius 2 is 2.16 bits per heavy atom. The minimum atomic E-state index is 0.584. The van der Waals surface area contributed by atoms with Crippen molar-refractivity contribution in [3.63, 3.8) is 0 Å². The van der Waals surface area contributed by atoms with E-state index < -0.39 is 0 Å². The number of aromatic nitrogens is 4. The van der Waals surface area contributed by atoms with Gasteiger partial charge < -0.3 is 10.2 Å². The average Bonchev–Trinajstić information content (AvgIpc) is 2.77. The topological polar surface area (TPSA) is 58.4 Å². The molecule has 0 radical (unpaired) electrons. The first-order valence-electron chi connectivity index (χ1n) is 6.70. The van der Waals surface area contributed by atoms with Crippen LogP contribution in [0.1, 0.15) is 26.1 Å². The molecule has 0 amide bonds. The van der Waals surface area contributed by atoms with Crippen molar-refractivity contribution >= 4 is 11.5 Å². The van der Waals surface area contributed by atoms with Crippen LogP contribution in [-0.2, 0) is 0 Å². The zero-order valence-corrected chi connectivity index (χ0v) is 12.1. The summed E-state index contributed by atoms with van der Waals surface area (Å²) in [5.41, 5.74) is 0.789. The van der Waals surface area contributed by atoms with E-state index in [-0.39, 0.29) is 0 Å². The lowest BCUT2D eigenvalue weighted by atomic mass is 10.3. The highest BCUT2D eigenvalue weighted by Crippen LogP contribution is 2.11. The third kappa shape index (κ3) is 3.20. The Balaban J connectivity index is 1.92. The Bertz CT molecular complexity index is 533. The molecule has 6 nitrogen and oxygen atoms in total. The van der Waals surface area contributed by atoms with Crippen LogP contribution in [0.5, 0.6) is 0 Å². The maximum Gasteiger partial charge on any atom is 0.203 e. The van der Waals surface area contributed by atoms with Crippen molar-refractivity contribution in [3.05, 3.63) is 18.2 Å². The van der Waals surface area contributed by atoms with Crippen molar-refractivity contribution in [1.82, 2.24) is 24.5 Å². The molecule has 0 saturated heterocycles. The predicted octanol–water partition coefficient (Wildman–Crippen LogP) is 1.57. The largest absolute Gasteiger partial charge is 0.367 e. The van der Waals surface area contributed by atoms with E-state index in [9.17, 15) is 0 Å². The van der Waals surface area contributed by atoms with Crippen LogP contribution >= 0.6 is 0 Å². The Labute approximate surface area is 113 Å². The lowest BCUT2D eigenvalue weighted by Crippen LogP contribution is -2.28. The van der Waals surface area contributed by atoms with Gasteiger partial charge in [0, 0.05) is 25.0 Å². The second kappa shape index (κ2) is 5.97. The second-order valence-corrected chi connectivity index (χ2v) is 5.07. The van der Waals surface area contributed by atoms with E-state index in [1.54, 1.807) is 6.20 Å². The number of fused-ring (bicyclic) bond motifs is 1. The van der Waals surface area contributed by atoms with Crippen LogP contribution in [0.25, 0.3) is 5.65 Å². The Morgan fingerprint density at radius 1 is 1.37 bits per heavy atom. The van der Waals surface area contributed by atoms with Crippen molar-refractivity contribution in [2.24, 2.45) is 0 Å². The van der Waals surface area contributed by atoms with Crippen molar-refractivity contribution in [2.75, 3.05) is 25.5 Å². The van der Waals surface area contributed by atoms with Gasteiger partial charge in [-0.2, -0.15) is 0 Å². The van der Waals surface area contributed by atoms with E-state index >= 15 is 0 Å². The fraction of sp³-hybridized carbons (Fsp3) is 0.615. The summed E-state index contributed by atoms with van der Waals surface area (Å²) in [5.74, 6) is 1.68. The maximum atomic E-state index is 4.32. The van der Waals surface area contributed by atoms with Gasteiger partial charge in [0.15, 0.2) is 5.82 Å².